The van der Waals surface area contributed by atoms with Gasteiger partial charge in [-0.2, -0.15) is 0 Å². The summed E-state index contributed by atoms with van der Waals surface area (Å²) in [7, 11) is 0. The number of aromatic nitrogens is 2. The molecule has 0 aliphatic rings. The summed E-state index contributed by atoms with van der Waals surface area (Å²) in [5.74, 6) is 2.79. The van der Waals surface area contributed by atoms with Gasteiger partial charge in [0, 0.05) is 6.54 Å². The average molecular weight is 443 g/mol. The van der Waals surface area contributed by atoms with E-state index in [-0.39, 0.29) is 5.41 Å². The van der Waals surface area contributed by atoms with Gasteiger partial charge in [-0.25, -0.2) is 4.98 Å². The van der Waals surface area contributed by atoms with Gasteiger partial charge in [-0.15, -0.1) is 0 Å². The number of fused-ring (bicyclic) bond motifs is 1. The van der Waals surface area contributed by atoms with Crippen molar-refractivity contribution < 1.29 is 9.47 Å². The summed E-state index contributed by atoms with van der Waals surface area (Å²) >= 11 is 0. The molecule has 0 N–H and O–H groups in total. The smallest absolute Gasteiger partial charge is 0.147 e. The third-order valence-electron chi connectivity index (χ3n) is 5.95. The van der Waals surface area contributed by atoms with Gasteiger partial charge in [-0.05, 0) is 66.6 Å². The Labute approximate surface area is 197 Å². The number of unbranched alkanes of at least 4 members (excludes halogenated alkanes) is 1. The van der Waals surface area contributed by atoms with Gasteiger partial charge < -0.3 is 14.0 Å². The number of imidazole rings is 1. The molecule has 4 aromatic rings. The highest BCUT2D eigenvalue weighted by molar-refractivity contribution is 5.75. The summed E-state index contributed by atoms with van der Waals surface area (Å²) in [6, 6.07) is 24.9. The number of rotatable bonds is 9. The number of ether oxygens (including phenoxy) is 2. The molecule has 4 heteroatoms. The van der Waals surface area contributed by atoms with E-state index in [9.17, 15) is 0 Å². The Hall–Kier alpha value is -3.27. The van der Waals surface area contributed by atoms with Gasteiger partial charge in [0.05, 0.1) is 17.6 Å². The highest BCUT2D eigenvalue weighted by atomic mass is 16.5. The fourth-order valence-corrected chi connectivity index (χ4v) is 3.96. The van der Waals surface area contributed by atoms with Crippen molar-refractivity contribution in [2.75, 3.05) is 6.61 Å². The number of hydrogen-bond donors (Lipinski definition) is 0. The molecule has 1 aromatic heterocycles. The topological polar surface area (TPSA) is 36.3 Å². The van der Waals surface area contributed by atoms with E-state index in [0.717, 1.165) is 47.7 Å². The largest absolute Gasteiger partial charge is 0.493 e. The zero-order valence-corrected chi connectivity index (χ0v) is 20.2. The lowest BCUT2D eigenvalue weighted by Gasteiger charge is -2.19. The highest BCUT2D eigenvalue weighted by Gasteiger charge is 2.14. The Morgan fingerprint density at radius 1 is 0.818 bits per heavy atom. The SMILES string of the molecule is Cc1ccccc1OCCCCn1c(COc2ccc(C(C)(C)C)cc2)nc2ccccc21. The average Bonchev–Trinajstić information content (AvgIpc) is 3.16. The number of hydrogen-bond acceptors (Lipinski definition) is 3. The zero-order valence-electron chi connectivity index (χ0n) is 20.2. The van der Waals surface area contributed by atoms with Crippen molar-refractivity contribution in [2.24, 2.45) is 0 Å². The van der Waals surface area contributed by atoms with Gasteiger partial charge in [0.1, 0.15) is 23.9 Å². The molecular weight excluding hydrogens is 408 g/mol. The molecule has 0 aliphatic heterocycles. The van der Waals surface area contributed by atoms with Crippen molar-refractivity contribution in [3.63, 3.8) is 0 Å². The van der Waals surface area contributed by atoms with Gasteiger partial charge in [-0.3, -0.25) is 0 Å². The molecule has 4 rings (SSSR count). The fourth-order valence-electron chi connectivity index (χ4n) is 3.96. The first-order chi connectivity index (χ1) is 15.9. The van der Waals surface area contributed by atoms with Gasteiger partial charge in [0.2, 0.25) is 0 Å². The highest BCUT2D eigenvalue weighted by Crippen LogP contribution is 2.25. The lowest BCUT2D eigenvalue weighted by molar-refractivity contribution is 0.284. The third-order valence-corrected chi connectivity index (χ3v) is 5.95. The van der Waals surface area contributed by atoms with Crippen LogP contribution in [0.15, 0.2) is 72.8 Å². The number of benzene rings is 3. The minimum Gasteiger partial charge on any atom is -0.493 e. The van der Waals surface area contributed by atoms with Crippen LogP contribution in [0, 0.1) is 6.92 Å². The van der Waals surface area contributed by atoms with E-state index >= 15 is 0 Å². The summed E-state index contributed by atoms with van der Waals surface area (Å²) in [6.45, 7) is 10.8. The molecule has 0 saturated heterocycles. The second-order valence-corrected chi connectivity index (χ2v) is 9.55. The van der Waals surface area contributed by atoms with Crippen molar-refractivity contribution in [2.45, 2.75) is 59.1 Å². The number of aryl methyl sites for hydroxylation is 2. The van der Waals surface area contributed by atoms with Crippen LogP contribution in [-0.2, 0) is 18.6 Å². The molecular formula is C29H34N2O2. The molecule has 0 spiro atoms. The summed E-state index contributed by atoms with van der Waals surface area (Å²) in [6.07, 6.45) is 1.99. The van der Waals surface area contributed by atoms with E-state index in [2.05, 4.69) is 80.8 Å². The van der Waals surface area contributed by atoms with Crippen LogP contribution in [0.5, 0.6) is 11.5 Å². The Balaban J connectivity index is 1.38. The summed E-state index contributed by atoms with van der Waals surface area (Å²) in [5, 5.41) is 0. The normalized spacial score (nSPS) is 11.6. The Morgan fingerprint density at radius 2 is 1.55 bits per heavy atom. The van der Waals surface area contributed by atoms with Crippen molar-refractivity contribution in [1.82, 2.24) is 9.55 Å². The van der Waals surface area contributed by atoms with Crippen LogP contribution in [0.2, 0.25) is 0 Å². The molecule has 4 nitrogen and oxygen atoms in total. The first kappa shape index (κ1) is 22.9. The zero-order chi connectivity index (χ0) is 23.3. The van der Waals surface area contributed by atoms with Gasteiger partial charge in [-0.1, -0.05) is 63.2 Å². The molecule has 0 radical (unpaired) electrons. The number of nitrogens with zero attached hydrogens (tertiary/aromatic N) is 2. The van der Waals surface area contributed by atoms with E-state index in [1.54, 1.807) is 0 Å². The first-order valence-electron chi connectivity index (χ1n) is 11.8. The Bertz CT molecular complexity index is 1190. The van der Waals surface area contributed by atoms with Crippen LogP contribution in [0.4, 0.5) is 0 Å². The second kappa shape index (κ2) is 10.1. The maximum atomic E-state index is 6.12. The second-order valence-electron chi connectivity index (χ2n) is 9.55. The first-order valence-corrected chi connectivity index (χ1v) is 11.8. The van der Waals surface area contributed by atoms with E-state index in [1.165, 1.54) is 11.1 Å². The van der Waals surface area contributed by atoms with Crippen LogP contribution >= 0.6 is 0 Å². The molecule has 0 aliphatic carbocycles. The lowest BCUT2D eigenvalue weighted by atomic mass is 9.87. The van der Waals surface area contributed by atoms with Gasteiger partial charge >= 0.3 is 0 Å². The molecule has 172 valence electrons. The molecule has 0 unspecified atom stereocenters. The molecule has 1 heterocycles. The van der Waals surface area contributed by atoms with Crippen LogP contribution in [-0.4, -0.2) is 16.2 Å². The van der Waals surface area contributed by atoms with E-state index in [1.807, 2.05) is 24.3 Å². The number of para-hydroxylation sites is 3. The fraction of sp³-hybridized carbons (Fsp3) is 0.345. The van der Waals surface area contributed by atoms with E-state index in [0.29, 0.717) is 13.2 Å². The molecule has 3 aromatic carbocycles. The van der Waals surface area contributed by atoms with Crippen LogP contribution in [0.3, 0.4) is 0 Å². The molecule has 0 bridgehead atoms. The maximum absolute atomic E-state index is 6.12. The van der Waals surface area contributed by atoms with Crippen LogP contribution in [0.25, 0.3) is 11.0 Å². The molecule has 0 saturated carbocycles. The summed E-state index contributed by atoms with van der Waals surface area (Å²) < 4.78 is 14.4. The van der Waals surface area contributed by atoms with Crippen molar-refractivity contribution in [3.8, 4) is 11.5 Å². The Kier molecular flexibility index (Phi) is 7.02. The van der Waals surface area contributed by atoms with Crippen molar-refractivity contribution in [3.05, 3.63) is 89.7 Å². The van der Waals surface area contributed by atoms with Gasteiger partial charge in [0.15, 0.2) is 0 Å². The lowest BCUT2D eigenvalue weighted by Crippen LogP contribution is -2.11. The molecule has 0 atom stereocenters. The van der Waals surface area contributed by atoms with Crippen LogP contribution in [0.1, 0.15) is 50.6 Å². The quantitative estimate of drug-likeness (QED) is 0.260. The maximum Gasteiger partial charge on any atom is 0.147 e. The van der Waals surface area contributed by atoms with E-state index < -0.39 is 0 Å². The van der Waals surface area contributed by atoms with E-state index in [4.69, 9.17) is 14.5 Å². The van der Waals surface area contributed by atoms with Crippen molar-refractivity contribution in [1.29, 1.82) is 0 Å². The van der Waals surface area contributed by atoms with Crippen molar-refractivity contribution >= 4 is 11.0 Å². The summed E-state index contributed by atoms with van der Waals surface area (Å²) in [4.78, 5) is 4.85. The predicted octanol–water partition coefficient (Wildman–Crippen LogP) is 7.08. The monoisotopic (exact) mass is 442 g/mol. The standard InChI is InChI=1S/C29H34N2O2/c1-22-11-5-8-14-27(22)32-20-10-9-19-31-26-13-7-6-12-25(26)30-28(31)21-33-24-17-15-23(16-18-24)29(2,3)4/h5-8,11-18H,9-10,19-21H2,1-4H3. The minimum atomic E-state index is 0.134. The molecule has 0 fully saturated rings. The summed E-state index contributed by atoms with van der Waals surface area (Å²) in [5.41, 5.74) is 4.77. The van der Waals surface area contributed by atoms with Crippen LogP contribution < -0.4 is 9.47 Å². The molecule has 0 amide bonds. The Morgan fingerprint density at radius 3 is 2.30 bits per heavy atom. The molecule has 33 heavy (non-hydrogen) atoms. The predicted molar refractivity (Wildman–Crippen MR) is 135 cm³/mol. The minimum absolute atomic E-state index is 0.134. The van der Waals surface area contributed by atoms with Gasteiger partial charge in [0.25, 0.3) is 0 Å². The third kappa shape index (κ3) is 5.75.